The summed E-state index contributed by atoms with van der Waals surface area (Å²) in [6.07, 6.45) is 1.51. The molecule has 0 aliphatic carbocycles. The Morgan fingerprint density at radius 2 is 1.91 bits per heavy atom. The van der Waals surface area contributed by atoms with Gasteiger partial charge in [0.15, 0.2) is 29.6 Å². The van der Waals surface area contributed by atoms with Gasteiger partial charge in [-0.1, -0.05) is 36.4 Å². The molecule has 1 aliphatic rings. The number of carbonyl (C=O) groups excluding carboxylic acids is 2. The molecule has 0 radical (unpaired) electrons. The summed E-state index contributed by atoms with van der Waals surface area (Å²) >= 11 is 2.05. The quantitative estimate of drug-likeness (QED) is 0.0932. The first-order valence-electron chi connectivity index (χ1n) is 10.2. The van der Waals surface area contributed by atoms with E-state index in [-0.39, 0.29) is 29.7 Å². The van der Waals surface area contributed by atoms with Crippen LogP contribution in [0.15, 0.2) is 77.4 Å². The summed E-state index contributed by atoms with van der Waals surface area (Å²) in [5, 5.41) is 11.0. The fourth-order valence-electron chi connectivity index (χ4n) is 3.25. The molecule has 0 atom stereocenters. The van der Waals surface area contributed by atoms with Crippen LogP contribution in [0.3, 0.4) is 0 Å². The Kier molecular flexibility index (Phi) is 7.20. The second-order valence-corrected chi connectivity index (χ2v) is 8.42. The van der Waals surface area contributed by atoms with Crippen molar-refractivity contribution in [1.82, 2.24) is 0 Å². The minimum Gasteiger partial charge on any atom is -0.493 e. The number of Topliss-reactive ketones (excluding diaryl/α,β-unsaturated/α-hetero) is 1. The smallest absolute Gasteiger partial charge is 0.363 e. The van der Waals surface area contributed by atoms with Gasteiger partial charge in [-0.3, -0.25) is 14.9 Å². The Labute approximate surface area is 213 Å². The van der Waals surface area contributed by atoms with Crippen molar-refractivity contribution in [3.63, 3.8) is 0 Å². The van der Waals surface area contributed by atoms with Crippen molar-refractivity contribution in [3.05, 3.63) is 103 Å². The Morgan fingerprint density at radius 3 is 2.63 bits per heavy atom. The van der Waals surface area contributed by atoms with Crippen molar-refractivity contribution in [2.75, 3.05) is 13.7 Å². The third kappa shape index (κ3) is 5.54. The zero-order chi connectivity index (χ0) is 24.9. The van der Waals surface area contributed by atoms with E-state index in [4.69, 9.17) is 14.2 Å². The number of halogens is 1. The molecule has 9 nitrogen and oxygen atoms in total. The van der Waals surface area contributed by atoms with Crippen molar-refractivity contribution in [1.29, 1.82) is 0 Å². The molecule has 1 heterocycles. The summed E-state index contributed by atoms with van der Waals surface area (Å²) in [7, 11) is 1.47. The number of hydrogen-bond acceptors (Lipinski definition) is 8. The summed E-state index contributed by atoms with van der Waals surface area (Å²) in [5.74, 6) is -0.111. The molecule has 10 heteroatoms. The fourth-order valence-corrected chi connectivity index (χ4v) is 4.03. The largest absolute Gasteiger partial charge is 0.493 e. The third-order valence-electron chi connectivity index (χ3n) is 4.92. The van der Waals surface area contributed by atoms with Gasteiger partial charge in [0.25, 0.3) is 5.69 Å². The lowest BCUT2D eigenvalue weighted by Gasteiger charge is -2.13. The molecule has 3 aromatic rings. The molecule has 0 spiro atoms. The van der Waals surface area contributed by atoms with E-state index in [2.05, 4.69) is 4.99 Å². The van der Waals surface area contributed by atoms with Crippen molar-refractivity contribution in [2.24, 2.45) is 4.99 Å². The van der Waals surface area contributed by atoms with Crippen LogP contribution >= 0.6 is 22.6 Å². The summed E-state index contributed by atoms with van der Waals surface area (Å²) in [6, 6.07) is 17.9. The molecule has 3 aromatic carbocycles. The maximum atomic E-state index is 12.4. The van der Waals surface area contributed by atoms with Crippen LogP contribution in [-0.2, 0) is 9.53 Å². The Bertz CT molecular complexity index is 1380. The number of hydrogen-bond donors (Lipinski definition) is 0. The Balaban J connectivity index is 1.57. The summed E-state index contributed by atoms with van der Waals surface area (Å²) in [4.78, 5) is 39.4. The highest BCUT2D eigenvalue weighted by Gasteiger charge is 2.25. The number of rotatable bonds is 8. The highest BCUT2D eigenvalue weighted by atomic mass is 127. The monoisotopic (exact) mass is 584 g/mol. The van der Waals surface area contributed by atoms with Crippen LogP contribution in [0.1, 0.15) is 21.5 Å². The van der Waals surface area contributed by atoms with Gasteiger partial charge in [0.05, 0.1) is 15.6 Å². The first-order valence-corrected chi connectivity index (χ1v) is 11.3. The molecule has 0 unspecified atom stereocenters. The van der Waals surface area contributed by atoms with Gasteiger partial charge in [0.2, 0.25) is 5.90 Å². The molecule has 0 amide bonds. The van der Waals surface area contributed by atoms with Gasteiger partial charge < -0.3 is 14.2 Å². The van der Waals surface area contributed by atoms with E-state index in [0.717, 1.165) is 0 Å². The number of nitro groups is 1. The molecule has 4 rings (SSSR count). The summed E-state index contributed by atoms with van der Waals surface area (Å²) in [6.45, 7) is -0.167. The van der Waals surface area contributed by atoms with Crippen LogP contribution in [0.25, 0.3) is 6.08 Å². The van der Waals surface area contributed by atoms with E-state index in [0.29, 0.717) is 31.8 Å². The highest BCUT2D eigenvalue weighted by Crippen LogP contribution is 2.35. The van der Waals surface area contributed by atoms with Crippen LogP contribution in [0, 0.1) is 13.7 Å². The van der Waals surface area contributed by atoms with Gasteiger partial charge >= 0.3 is 5.97 Å². The lowest BCUT2D eigenvalue weighted by Crippen LogP contribution is -2.12. The van der Waals surface area contributed by atoms with E-state index in [9.17, 15) is 19.7 Å². The van der Waals surface area contributed by atoms with Crippen molar-refractivity contribution < 1.29 is 28.7 Å². The van der Waals surface area contributed by atoms with Crippen LogP contribution in [-0.4, -0.2) is 36.3 Å². The van der Waals surface area contributed by atoms with Gasteiger partial charge in [-0.25, -0.2) is 9.79 Å². The molecule has 0 bridgehead atoms. The Morgan fingerprint density at radius 1 is 1.14 bits per heavy atom. The number of methoxy groups -OCH3 is 1. The van der Waals surface area contributed by atoms with Gasteiger partial charge in [-0.05, 0) is 52.4 Å². The van der Waals surface area contributed by atoms with E-state index in [1.54, 1.807) is 42.5 Å². The zero-order valence-corrected chi connectivity index (χ0v) is 20.4. The molecule has 0 N–H and O–H groups in total. The molecule has 0 saturated heterocycles. The number of non-ortho nitro benzene ring substituents is 1. The summed E-state index contributed by atoms with van der Waals surface area (Å²) in [5.41, 5.74) is 1.33. The average molecular weight is 584 g/mol. The number of ketones is 1. The Hall–Kier alpha value is -4.06. The predicted octanol–water partition coefficient (Wildman–Crippen LogP) is 4.81. The number of cyclic esters (lactones) is 1. The van der Waals surface area contributed by atoms with Crippen molar-refractivity contribution in [3.8, 4) is 11.5 Å². The molecule has 0 saturated carbocycles. The topological polar surface area (TPSA) is 117 Å². The lowest BCUT2D eigenvalue weighted by molar-refractivity contribution is -0.384. The number of esters is 1. The fraction of sp³-hybridized carbons (Fsp3) is 0.0800. The minimum absolute atomic E-state index is 0.0222. The normalized spacial score (nSPS) is 13.8. The third-order valence-corrected chi connectivity index (χ3v) is 5.72. The molecule has 0 aromatic heterocycles. The van der Waals surface area contributed by atoms with Crippen LogP contribution < -0.4 is 9.47 Å². The predicted molar refractivity (Wildman–Crippen MR) is 136 cm³/mol. The zero-order valence-electron chi connectivity index (χ0n) is 18.3. The molecular weight excluding hydrogens is 567 g/mol. The summed E-state index contributed by atoms with van der Waals surface area (Å²) < 4.78 is 17.1. The van der Waals surface area contributed by atoms with Gasteiger partial charge in [0, 0.05) is 23.3 Å². The van der Waals surface area contributed by atoms with Crippen molar-refractivity contribution >= 4 is 52.0 Å². The van der Waals surface area contributed by atoms with E-state index in [1.807, 2.05) is 28.7 Å². The number of benzene rings is 3. The van der Waals surface area contributed by atoms with E-state index < -0.39 is 10.9 Å². The number of nitro benzene ring substituents is 1. The minimum atomic E-state index is -0.686. The second kappa shape index (κ2) is 10.5. The molecule has 0 fully saturated rings. The SMILES string of the molecule is COc1cc(/C=C2\N=C(c3cccc([N+](=O)[O-])c3)OC2=O)cc(I)c1OCC(=O)c1ccccc1. The molecular formula is C25H17IN2O7. The molecule has 176 valence electrons. The number of aliphatic imine (C=N–C) groups is 1. The van der Waals surface area contributed by atoms with E-state index in [1.165, 1.54) is 31.4 Å². The number of carbonyl (C=O) groups is 2. The van der Waals surface area contributed by atoms with Crippen LogP contribution in [0.4, 0.5) is 5.69 Å². The van der Waals surface area contributed by atoms with Gasteiger partial charge in [0.1, 0.15) is 0 Å². The van der Waals surface area contributed by atoms with Gasteiger partial charge in [-0.2, -0.15) is 0 Å². The standard InChI is InChI=1S/C25H17IN2O7/c1-33-22-12-15(10-19(26)23(22)34-14-21(29)16-6-3-2-4-7-16)11-20-25(30)35-24(27-20)17-8-5-9-18(13-17)28(31)32/h2-13H,14H2,1H3/b20-11-. The van der Waals surface area contributed by atoms with Crippen molar-refractivity contribution in [2.45, 2.75) is 0 Å². The van der Waals surface area contributed by atoms with E-state index >= 15 is 0 Å². The van der Waals surface area contributed by atoms with Gasteiger partial charge in [-0.15, -0.1) is 0 Å². The molecule has 35 heavy (non-hydrogen) atoms. The number of ether oxygens (including phenoxy) is 3. The maximum Gasteiger partial charge on any atom is 0.363 e. The number of nitrogens with zero attached hydrogens (tertiary/aromatic N) is 2. The van der Waals surface area contributed by atoms with Crippen LogP contribution in [0.5, 0.6) is 11.5 Å². The van der Waals surface area contributed by atoms with Crippen LogP contribution in [0.2, 0.25) is 0 Å². The lowest BCUT2D eigenvalue weighted by atomic mass is 10.1. The second-order valence-electron chi connectivity index (χ2n) is 7.26. The first-order chi connectivity index (χ1) is 16.9. The highest BCUT2D eigenvalue weighted by molar-refractivity contribution is 14.1. The maximum absolute atomic E-state index is 12.4. The molecule has 1 aliphatic heterocycles. The first kappa shape index (κ1) is 24.1. The average Bonchev–Trinajstić information content (AvgIpc) is 3.23.